The number of fused-ring (bicyclic) bond motifs is 2. The van der Waals surface area contributed by atoms with Crippen LogP contribution in [0.4, 0.5) is 0 Å². The lowest BCUT2D eigenvalue weighted by atomic mass is 9.98. The molecular weight excluding hydrogens is 458 g/mol. The fourth-order valence-electron chi connectivity index (χ4n) is 5.15. The van der Waals surface area contributed by atoms with Crippen LogP contribution >= 0.6 is 11.3 Å². The van der Waals surface area contributed by atoms with Gasteiger partial charge in [0.05, 0.1) is 27.7 Å². The van der Waals surface area contributed by atoms with E-state index in [9.17, 15) is 9.59 Å². The van der Waals surface area contributed by atoms with Gasteiger partial charge >= 0.3 is 0 Å². The van der Waals surface area contributed by atoms with Crippen molar-refractivity contribution in [3.63, 3.8) is 0 Å². The van der Waals surface area contributed by atoms with Crippen molar-refractivity contribution in [3.8, 4) is 5.13 Å². The van der Waals surface area contributed by atoms with Gasteiger partial charge in [0.25, 0.3) is 11.1 Å². The smallest absolute Gasteiger partial charge is 0.283 e. The number of pyridine rings is 1. The minimum atomic E-state index is -0.133. The number of thiazole rings is 1. The van der Waals surface area contributed by atoms with Crippen molar-refractivity contribution in [3.05, 3.63) is 92.6 Å². The monoisotopic (exact) mass is 485 g/mol. The second-order valence-electron chi connectivity index (χ2n) is 9.26. The van der Waals surface area contributed by atoms with Crippen molar-refractivity contribution >= 4 is 32.5 Å². The first kappa shape index (κ1) is 22.0. The zero-order valence-electron chi connectivity index (χ0n) is 19.6. The van der Waals surface area contributed by atoms with Gasteiger partial charge in [0, 0.05) is 18.3 Å². The molecule has 0 spiro atoms. The zero-order chi connectivity index (χ0) is 23.9. The number of hydrogen-bond acceptors (Lipinski definition) is 5. The van der Waals surface area contributed by atoms with E-state index in [0.29, 0.717) is 35.0 Å². The normalized spacial score (nSPS) is 14.8. The summed E-state index contributed by atoms with van der Waals surface area (Å²) in [6.07, 6.45) is 2.07. The molecule has 3 aromatic heterocycles. The Kier molecular flexibility index (Phi) is 5.62. The number of aryl methyl sites for hydroxylation is 1. The molecule has 35 heavy (non-hydrogen) atoms. The predicted molar refractivity (Wildman–Crippen MR) is 141 cm³/mol. The molecule has 0 radical (unpaired) electrons. The average Bonchev–Trinajstić information content (AvgIpc) is 3.41. The highest BCUT2D eigenvalue weighted by molar-refractivity contribution is 7.20. The lowest BCUT2D eigenvalue weighted by Gasteiger charge is -2.24. The van der Waals surface area contributed by atoms with Crippen LogP contribution in [-0.4, -0.2) is 32.0 Å². The maximum Gasteiger partial charge on any atom is 0.283 e. The van der Waals surface area contributed by atoms with Crippen LogP contribution in [0, 0.1) is 12.8 Å². The third kappa shape index (κ3) is 3.92. The zero-order valence-corrected chi connectivity index (χ0v) is 20.4. The molecule has 1 saturated heterocycles. The fourth-order valence-corrected chi connectivity index (χ4v) is 6.12. The highest BCUT2D eigenvalue weighted by Gasteiger charge is 2.23. The molecule has 4 heterocycles. The SMILES string of the molecule is Cc1c2c(=O)n(-c3nc4ccccc4s3)n(Cc3ccccc3)c2cc(=O)n1CC1CCNCC1. The van der Waals surface area contributed by atoms with Crippen molar-refractivity contribution in [2.24, 2.45) is 5.92 Å². The Balaban J connectivity index is 1.57. The molecule has 178 valence electrons. The van der Waals surface area contributed by atoms with E-state index in [1.54, 1.807) is 15.3 Å². The molecule has 0 aliphatic carbocycles. The summed E-state index contributed by atoms with van der Waals surface area (Å²) in [4.78, 5) is 32.1. The van der Waals surface area contributed by atoms with Gasteiger partial charge in [0.1, 0.15) is 0 Å². The average molecular weight is 486 g/mol. The summed E-state index contributed by atoms with van der Waals surface area (Å²) in [6.45, 7) is 4.96. The molecule has 1 N–H and O–H groups in total. The van der Waals surface area contributed by atoms with E-state index >= 15 is 0 Å². The predicted octanol–water partition coefficient (Wildman–Crippen LogP) is 3.92. The topological polar surface area (TPSA) is 73.8 Å². The molecule has 7 nitrogen and oxygen atoms in total. The summed E-state index contributed by atoms with van der Waals surface area (Å²) < 4.78 is 6.39. The number of para-hydroxylation sites is 1. The number of nitrogens with one attached hydrogen (secondary N) is 1. The Bertz CT molecular complexity index is 1600. The second-order valence-corrected chi connectivity index (χ2v) is 10.3. The van der Waals surface area contributed by atoms with E-state index in [0.717, 1.165) is 47.4 Å². The van der Waals surface area contributed by atoms with Crippen molar-refractivity contribution in [1.29, 1.82) is 0 Å². The second kappa shape index (κ2) is 8.94. The molecular formula is C27H27N5O2S. The van der Waals surface area contributed by atoms with Crippen LogP contribution in [0.1, 0.15) is 24.1 Å². The van der Waals surface area contributed by atoms with E-state index in [1.807, 2.05) is 66.2 Å². The van der Waals surface area contributed by atoms with Crippen molar-refractivity contribution < 1.29 is 0 Å². The number of rotatable bonds is 5. The molecule has 2 aromatic carbocycles. The molecule has 0 bridgehead atoms. The van der Waals surface area contributed by atoms with Crippen molar-refractivity contribution in [2.75, 3.05) is 13.1 Å². The Morgan fingerprint density at radius 1 is 1.03 bits per heavy atom. The minimum Gasteiger partial charge on any atom is -0.317 e. The Hall–Kier alpha value is -3.49. The molecule has 6 rings (SSSR count). The Morgan fingerprint density at radius 3 is 2.54 bits per heavy atom. The summed E-state index contributed by atoms with van der Waals surface area (Å²) in [5.41, 5.74) is 3.11. The Morgan fingerprint density at radius 2 is 1.77 bits per heavy atom. The molecule has 0 saturated carbocycles. The van der Waals surface area contributed by atoms with E-state index in [-0.39, 0.29) is 11.1 Å². The molecule has 1 aliphatic heterocycles. The molecule has 5 aromatic rings. The molecule has 0 atom stereocenters. The summed E-state index contributed by atoms with van der Waals surface area (Å²) >= 11 is 1.49. The van der Waals surface area contributed by atoms with Crippen LogP contribution in [0.2, 0.25) is 0 Å². The van der Waals surface area contributed by atoms with Crippen LogP contribution in [0.25, 0.3) is 26.3 Å². The van der Waals surface area contributed by atoms with Gasteiger partial charge in [0.2, 0.25) is 5.13 Å². The van der Waals surface area contributed by atoms with E-state index in [2.05, 4.69) is 5.32 Å². The van der Waals surface area contributed by atoms with Gasteiger partial charge < -0.3 is 9.88 Å². The number of aromatic nitrogens is 4. The van der Waals surface area contributed by atoms with Crippen LogP contribution in [0.5, 0.6) is 0 Å². The van der Waals surface area contributed by atoms with Gasteiger partial charge in [0.15, 0.2) is 0 Å². The van der Waals surface area contributed by atoms with Gasteiger partial charge in [-0.05, 0) is 56.5 Å². The quantitative estimate of drug-likeness (QED) is 0.410. The van der Waals surface area contributed by atoms with Crippen LogP contribution < -0.4 is 16.4 Å². The van der Waals surface area contributed by atoms with E-state index in [1.165, 1.54) is 11.3 Å². The first-order valence-electron chi connectivity index (χ1n) is 12.1. The molecule has 0 unspecified atom stereocenters. The fraction of sp³-hybridized carbons (Fsp3) is 0.296. The minimum absolute atomic E-state index is 0.0585. The maximum absolute atomic E-state index is 14.0. The summed E-state index contributed by atoms with van der Waals surface area (Å²) in [5, 5.41) is 4.58. The number of benzene rings is 2. The summed E-state index contributed by atoms with van der Waals surface area (Å²) in [5.74, 6) is 0.433. The van der Waals surface area contributed by atoms with Crippen LogP contribution in [0.15, 0.2) is 70.3 Å². The van der Waals surface area contributed by atoms with Gasteiger partial charge in [-0.25, -0.2) is 4.98 Å². The Labute approximate surface area is 206 Å². The lowest BCUT2D eigenvalue weighted by Crippen LogP contribution is -2.33. The van der Waals surface area contributed by atoms with Gasteiger partial charge in [-0.1, -0.05) is 53.8 Å². The summed E-state index contributed by atoms with van der Waals surface area (Å²) in [6, 6.07) is 19.5. The van der Waals surface area contributed by atoms with Crippen molar-refractivity contribution in [1.82, 2.24) is 24.2 Å². The lowest BCUT2D eigenvalue weighted by molar-refractivity contribution is 0.328. The highest BCUT2D eigenvalue weighted by Crippen LogP contribution is 2.26. The van der Waals surface area contributed by atoms with Gasteiger partial charge in [-0.15, -0.1) is 0 Å². The van der Waals surface area contributed by atoms with Gasteiger partial charge in [-0.2, -0.15) is 4.68 Å². The number of piperidine rings is 1. The first-order valence-corrected chi connectivity index (χ1v) is 12.9. The largest absolute Gasteiger partial charge is 0.317 e. The van der Waals surface area contributed by atoms with Crippen LogP contribution in [0.3, 0.4) is 0 Å². The van der Waals surface area contributed by atoms with E-state index in [4.69, 9.17) is 4.98 Å². The molecule has 8 heteroatoms. The van der Waals surface area contributed by atoms with E-state index < -0.39 is 0 Å². The summed E-state index contributed by atoms with van der Waals surface area (Å²) in [7, 11) is 0. The molecule has 1 fully saturated rings. The number of hydrogen-bond donors (Lipinski definition) is 1. The highest BCUT2D eigenvalue weighted by atomic mass is 32.1. The van der Waals surface area contributed by atoms with Crippen LogP contribution in [-0.2, 0) is 13.1 Å². The van der Waals surface area contributed by atoms with Gasteiger partial charge in [-0.3, -0.25) is 14.3 Å². The standard InChI is InChI=1S/C27H27N5O2S/c1-18-25-22(15-24(33)30(18)16-20-11-13-28-14-12-20)31(17-19-7-3-2-4-8-19)32(26(25)34)27-29-21-9-5-6-10-23(21)35-27/h2-10,15,20,28H,11-14,16-17H2,1H3. The third-order valence-corrected chi connectivity index (χ3v) is 8.03. The molecule has 0 amide bonds. The molecule has 1 aliphatic rings. The third-order valence-electron chi connectivity index (χ3n) is 7.01. The maximum atomic E-state index is 14.0. The van der Waals surface area contributed by atoms with Crippen molar-refractivity contribution in [2.45, 2.75) is 32.9 Å². The number of nitrogens with zero attached hydrogens (tertiary/aromatic N) is 4. The first-order chi connectivity index (χ1) is 17.1.